The molecule has 7 nitrogen and oxygen atoms in total. The average Bonchev–Trinajstić information content (AvgIpc) is 2.92. The number of hydrogen-bond donors (Lipinski definition) is 1. The van der Waals surface area contributed by atoms with Crippen LogP contribution in [0.2, 0.25) is 0 Å². The van der Waals surface area contributed by atoms with E-state index in [1.54, 1.807) is 14.2 Å². The van der Waals surface area contributed by atoms with Crippen LogP contribution in [0.4, 0.5) is 0 Å². The molecule has 3 aromatic carbocycles. The highest BCUT2D eigenvalue weighted by Crippen LogP contribution is 2.42. The Labute approximate surface area is 209 Å². The molecule has 0 saturated heterocycles. The second-order valence-electron chi connectivity index (χ2n) is 8.52. The van der Waals surface area contributed by atoms with Crippen molar-refractivity contribution in [1.29, 1.82) is 0 Å². The lowest BCUT2D eigenvalue weighted by molar-refractivity contribution is -0.0435. The van der Waals surface area contributed by atoms with Crippen molar-refractivity contribution in [3.63, 3.8) is 0 Å². The molecule has 1 aromatic heterocycles. The molecule has 36 heavy (non-hydrogen) atoms. The minimum Gasteiger partial charge on any atom is -0.497 e. The molecule has 0 amide bonds. The number of hydrogen-bond acceptors (Lipinski definition) is 5. The van der Waals surface area contributed by atoms with E-state index in [1.807, 2.05) is 85.8 Å². The summed E-state index contributed by atoms with van der Waals surface area (Å²) in [5.74, 6) is 1.50. The highest BCUT2D eigenvalue weighted by molar-refractivity contribution is 5.49. The van der Waals surface area contributed by atoms with E-state index in [2.05, 4.69) is 4.98 Å². The van der Waals surface area contributed by atoms with Crippen molar-refractivity contribution in [3.8, 4) is 11.5 Å². The molecule has 0 bridgehead atoms. The third kappa shape index (κ3) is 5.26. The molecule has 1 heterocycles. The van der Waals surface area contributed by atoms with Crippen molar-refractivity contribution in [1.82, 2.24) is 9.55 Å². The van der Waals surface area contributed by atoms with Crippen molar-refractivity contribution in [2.24, 2.45) is 0 Å². The molecule has 0 radical (unpaired) electrons. The Kier molecular flexibility index (Phi) is 7.71. The summed E-state index contributed by atoms with van der Waals surface area (Å²) in [5, 5.41) is 0. The van der Waals surface area contributed by atoms with E-state index in [1.165, 1.54) is 16.8 Å². The van der Waals surface area contributed by atoms with Crippen molar-refractivity contribution in [2.75, 3.05) is 14.2 Å². The maximum absolute atomic E-state index is 12.2. The van der Waals surface area contributed by atoms with Crippen LogP contribution in [0.1, 0.15) is 30.0 Å². The van der Waals surface area contributed by atoms with E-state index in [9.17, 15) is 9.59 Å². The number of aromatic amines is 1. The average molecular weight is 487 g/mol. The van der Waals surface area contributed by atoms with Crippen LogP contribution in [0.5, 0.6) is 11.5 Å². The number of benzene rings is 3. The SMILES string of the molecule is COc1ccc(C(OC(C)CCn2ccc(=O)[nH]c2=O)(c2ccccc2)c2ccc(OC)cc2)cc1. The van der Waals surface area contributed by atoms with Crippen LogP contribution in [-0.4, -0.2) is 29.9 Å². The van der Waals surface area contributed by atoms with Crippen molar-refractivity contribution in [2.45, 2.75) is 31.6 Å². The van der Waals surface area contributed by atoms with Gasteiger partial charge in [-0.3, -0.25) is 9.78 Å². The molecule has 4 aromatic rings. The van der Waals surface area contributed by atoms with Crippen LogP contribution in [0.15, 0.2) is 101 Å². The zero-order chi connectivity index (χ0) is 25.5. The first-order valence-corrected chi connectivity index (χ1v) is 11.8. The topological polar surface area (TPSA) is 82.5 Å². The normalized spacial score (nSPS) is 12.2. The van der Waals surface area contributed by atoms with Gasteiger partial charge in [0.15, 0.2) is 0 Å². The molecule has 0 aliphatic rings. The van der Waals surface area contributed by atoms with Gasteiger partial charge >= 0.3 is 5.69 Å². The van der Waals surface area contributed by atoms with Crippen LogP contribution < -0.4 is 20.7 Å². The molecule has 1 unspecified atom stereocenters. The number of rotatable bonds is 10. The van der Waals surface area contributed by atoms with Gasteiger partial charge in [0.2, 0.25) is 0 Å². The summed E-state index contributed by atoms with van der Waals surface area (Å²) in [5.41, 5.74) is 1.06. The third-order valence-electron chi connectivity index (χ3n) is 6.22. The monoisotopic (exact) mass is 486 g/mol. The fourth-order valence-electron chi connectivity index (χ4n) is 4.33. The maximum atomic E-state index is 12.2. The predicted molar refractivity (Wildman–Crippen MR) is 139 cm³/mol. The van der Waals surface area contributed by atoms with Gasteiger partial charge in [-0.1, -0.05) is 54.6 Å². The zero-order valence-electron chi connectivity index (χ0n) is 20.6. The van der Waals surface area contributed by atoms with E-state index in [0.717, 1.165) is 28.2 Å². The smallest absolute Gasteiger partial charge is 0.328 e. The first kappa shape index (κ1) is 25.0. The Morgan fingerprint density at radius 2 is 1.31 bits per heavy atom. The van der Waals surface area contributed by atoms with E-state index >= 15 is 0 Å². The highest BCUT2D eigenvalue weighted by Gasteiger charge is 2.39. The Morgan fingerprint density at radius 3 is 1.81 bits per heavy atom. The van der Waals surface area contributed by atoms with Crippen molar-refractivity contribution in [3.05, 3.63) is 129 Å². The van der Waals surface area contributed by atoms with Gasteiger partial charge in [-0.15, -0.1) is 0 Å². The van der Waals surface area contributed by atoms with Gasteiger partial charge in [0, 0.05) is 18.8 Å². The first-order valence-electron chi connectivity index (χ1n) is 11.8. The molecule has 0 aliphatic heterocycles. The molecular weight excluding hydrogens is 456 g/mol. The van der Waals surface area contributed by atoms with E-state index in [4.69, 9.17) is 14.2 Å². The summed E-state index contributed by atoms with van der Waals surface area (Å²) >= 11 is 0. The van der Waals surface area contributed by atoms with Gasteiger partial charge in [0.1, 0.15) is 17.1 Å². The highest BCUT2D eigenvalue weighted by atomic mass is 16.5. The Bertz CT molecular complexity index is 1330. The van der Waals surface area contributed by atoms with E-state index in [-0.39, 0.29) is 6.10 Å². The molecule has 4 rings (SSSR count). The quantitative estimate of drug-likeness (QED) is 0.337. The molecule has 0 spiro atoms. The number of aromatic nitrogens is 2. The zero-order valence-corrected chi connectivity index (χ0v) is 20.6. The lowest BCUT2D eigenvalue weighted by Crippen LogP contribution is -2.37. The van der Waals surface area contributed by atoms with Gasteiger partial charge in [0.25, 0.3) is 5.56 Å². The van der Waals surface area contributed by atoms with Crippen molar-refractivity contribution < 1.29 is 14.2 Å². The van der Waals surface area contributed by atoms with Gasteiger partial charge in [0.05, 0.1) is 20.3 Å². The fraction of sp³-hybridized carbons (Fsp3) is 0.241. The van der Waals surface area contributed by atoms with Crippen LogP contribution in [0, 0.1) is 0 Å². The van der Waals surface area contributed by atoms with E-state index in [0.29, 0.717) is 13.0 Å². The summed E-state index contributed by atoms with van der Waals surface area (Å²) < 4.78 is 19.2. The Hall–Kier alpha value is -4.10. The molecule has 1 N–H and O–H groups in total. The van der Waals surface area contributed by atoms with E-state index < -0.39 is 16.9 Å². The van der Waals surface area contributed by atoms with Crippen LogP contribution in [-0.2, 0) is 16.9 Å². The second-order valence-corrected chi connectivity index (χ2v) is 8.52. The van der Waals surface area contributed by atoms with Gasteiger partial charge < -0.3 is 18.8 Å². The van der Waals surface area contributed by atoms with Gasteiger partial charge in [-0.05, 0) is 54.3 Å². The minimum absolute atomic E-state index is 0.256. The molecule has 186 valence electrons. The minimum atomic E-state index is -0.935. The summed E-state index contributed by atoms with van der Waals surface area (Å²) in [7, 11) is 3.28. The maximum Gasteiger partial charge on any atom is 0.328 e. The molecule has 7 heteroatoms. The van der Waals surface area contributed by atoms with Crippen LogP contribution >= 0.6 is 0 Å². The predicted octanol–water partition coefficient (Wildman–Crippen LogP) is 4.34. The molecule has 1 atom stereocenters. The summed E-state index contributed by atoms with van der Waals surface area (Å²) in [4.78, 5) is 25.9. The number of methoxy groups -OCH3 is 2. The number of aryl methyl sites for hydroxylation is 1. The second kappa shape index (κ2) is 11.1. The van der Waals surface area contributed by atoms with Gasteiger partial charge in [-0.25, -0.2) is 4.79 Å². The first-order chi connectivity index (χ1) is 17.5. The largest absolute Gasteiger partial charge is 0.497 e. The molecular formula is C29H30N2O5. The molecule has 0 aliphatic carbocycles. The van der Waals surface area contributed by atoms with Crippen molar-refractivity contribution >= 4 is 0 Å². The number of ether oxygens (including phenoxy) is 3. The lowest BCUT2D eigenvalue weighted by atomic mass is 9.79. The van der Waals surface area contributed by atoms with Crippen LogP contribution in [0.3, 0.4) is 0 Å². The standard InChI is InChI=1S/C29H30N2O5/c1-21(17-19-31-20-18-27(32)30-28(31)33)36-29(22-7-5-4-6-8-22,23-9-13-25(34-2)14-10-23)24-11-15-26(35-3)16-12-24/h4-16,18,20-21H,17,19H2,1-3H3,(H,30,32,33). The number of nitrogens with one attached hydrogen (secondary N) is 1. The number of nitrogens with zero attached hydrogens (tertiary/aromatic N) is 1. The summed E-state index contributed by atoms with van der Waals surface area (Å²) in [6.07, 6.45) is 1.80. The Morgan fingerprint density at radius 1 is 0.778 bits per heavy atom. The number of H-pyrrole nitrogens is 1. The molecule has 0 fully saturated rings. The lowest BCUT2D eigenvalue weighted by Gasteiger charge is -2.38. The summed E-state index contributed by atoms with van der Waals surface area (Å²) in [6.45, 7) is 2.38. The summed E-state index contributed by atoms with van der Waals surface area (Å²) in [6, 6.07) is 27.1. The van der Waals surface area contributed by atoms with Gasteiger partial charge in [-0.2, -0.15) is 0 Å². The van der Waals surface area contributed by atoms with Crippen LogP contribution in [0.25, 0.3) is 0 Å². The fourth-order valence-corrected chi connectivity index (χ4v) is 4.33. The molecule has 0 saturated carbocycles. The Balaban J connectivity index is 1.78. The third-order valence-corrected chi connectivity index (χ3v) is 6.22.